The molecule has 172 valence electrons. The van der Waals surface area contributed by atoms with Gasteiger partial charge in [0.05, 0.1) is 19.3 Å². The van der Waals surface area contributed by atoms with Crippen LogP contribution in [-0.4, -0.2) is 36.6 Å². The van der Waals surface area contributed by atoms with E-state index in [1.54, 1.807) is 41.8 Å². The lowest BCUT2D eigenvalue weighted by Crippen LogP contribution is -2.31. The Hall–Kier alpha value is -3.39. The number of hydrogen-bond acceptors (Lipinski definition) is 5. The molecule has 8 nitrogen and oxygen atoms in total. The van der Waals surface area contributed by atoms with Gasteiger partial charge in [-0.25, -0.2) is 5.48 Å². The number of anilines is 1. The van der Waals surface area contributed by atoms with Crippen LogP contribution in [0.4, 0.5) is 5.69 Å². The molecule has 0 atom stereocenters. The Balaban J connectivity index is 2.17. The summed E-state index contributed by atoms with van der Waals surface area (Å²) in [5, 5.41) is 11.3. The molecular weight excluding hydrogens is 410 g/mol. The molecule has 0 saturated heterocycles. The molecule has 0 fully saturated rings. The summed E-state index contributed by atoms with van der Waals surface area (Å²) < 4.78 is 5.46. The summed E-state index contributed by atoms with van der Waals surface area (Å²) in [6.07, 6.45) is 2.40. The van der Waals surface area contributed by atoms with E-state index in [1.165, 1.54) is 0 Å². The number of hydroxylamine groups is 1. The lowest BCUT2D eigenvalue weighted by atomic mass is 10.1. The van der Waals surface area contributed by atoms with Crippen molar-refractivity contribution in [2.75, 3.05) is 18.6 Å². The van der Waals surface area contributed by atoms with Crippen molar-refractivity contribution >= 4 is 23.4 Å². The molecule has 3 amide bonds. The lowest BCUT2D eigenvalue weighted by Gasteiger charge is -2.25. The standard InChI is InChI=1S/C24H31N3O5/c1-3-25-24(30)19-11-9-10-18(16-19)17-27(20-12-7-8-13-21(20)32-2)23(29)15-6-4-5-14-22(28)26-31/h7-13,16,31H,3-6,14-15,17H2,1-2H3,(H,25,30)(H,26,28). The first kappa shape index (κ1) is 24.9. The first-order valence-electron chi connectivity index (χ1n) is 10.7. The van der Waals surface area contributed by atoms with E-state index >= 15 is 0 Å². The highest BCUT2D eigenvalue weighted by molar-refractivity contribution is 5.96. The third kappa shape index (κ3) is 7.39. The lowest BCUT2D eigenvalue weighted by molar-refractivity contribution is -0.129. The number of amides is 3. The van der Waals surface area contributed by atoms with Crippen LogP contribution in [0.3, 0.4) is 0 Å². The Morgan fingerprint density at radius 1 is 1.00 bits per heavy atom. The monoisotopic (exact) mass is 441 g/mol. The van der Waals surface area contributed by atoms with Crippen molar-refractivity contribution in [3.63, 3.8) is 0 Å². The summed E-state index contributed by atoms with van der Waals surface area (Å²) in [5.41, 5.74) is 3.63. The van der Waals surface area contributed by atoms with E-state index in [9.17, 15) is 14.4 Å². The number of para-hydroxylation sites is 2. The van der Waals surface area contributed by atoms with Crippen LogP contribution in [0.25, 0.3) is 0 Å². The largest absolute Gasteiger partial charge is 0.495 e. The molecule has 0 aliphatic rings. The van der Waals surface area contributed by atoms with Gasteiger partial charge in [0.2, 0.25) is 11.8 Å². The van der Waals surface area contributed by atoms with Crippen LogP contribution >= 0.6 is 0 Å². The van der Waals surface area contributed by atoms with Gasteiger partial charge in [0.25, 0.3) is 5.91 Å². The Kier molecular flexibility index (Phi) is 10.2. The van der Waals surface area contributed by atoms with Gasteiger partial charge in [0.1, 0.15) is 5.75 Å². The third-order valence-electron chi connectivity index (χ3n) is 4.96. The molecule has 3 N–H and O–H groups in total. The predicted octanol–water partition coefficient (Wildman–Crippen LogP) is 3.43. The van der Waals surface area contributed by atoms with E-state index < -0.39 is 5.91 Å². The normalized spacial score (nSPS) is 10.3. The number of carbonyl (C=O) groups excluding carboxylic acids is 3. The summed E-state index contributed by atoms with van der Waals surface area (Å²) in [6.45, 7) is 2.69. The third-order valence-corrected chi connectivity index (χ3v) is 4.96. The predicted molar refractivity (Wildman–Crippen MR) is 122 cm³/mol. The second kappa shape index (κ2) is 13.1. The highest BCUT2D eigenvalue weighted by atomic mass is 16.5. The molecule has 2 aromatic carbocycles. The quantitative estimate of drug-likeness (QED) is 0.266. The number of methoxy groups -OCH3 is 1. The minimum absolute atomic E-state index is 0.0791. The molecule has 32 heavy (non-hydrogen) atoms. The number of nitrogens with zero attached hydrogens (tertiary/aromatic N) is 1. The van der Waals surface area contributed by atoms with Crippen molar-refractivity contribution in [1.82, 2.24) is 10.8 Å². The van der Waals surface area contributed by atoms with Gasteiger partial charge in [-0.3, -0.25) is 19.6 Å². The van der Waals surface area contributed by atoms with E-state index in [0.29, 0.717) is 55.8 Å². The van der Waals surface area contributed by atoms with Crippen LogP contribution in [0.2, 0.25) is 0 Å². The van der Waals surface area contributed by atoms with Crippen LogP contribution in [0.15, 0.2) is 48.5 Å². The van der Waals surface area contributed by atoms with Crippen LogP contribution in [0.5, 0.6) is 5.75 Å². The van der Waals surface area contributed by atoms with Gasteiger partial charge in [-0.2, -0.15) is 0 Å². The Morgan fingerprint density at radius 3 is 2.47 bits per heavy atom. The maximum Gasteiger partial charge on any atom is 0.251 e. The molecule has 0 aliphatic carbocycles. The average molecular weight is 442 g/mol. The number of carbonyl (C=O) groups is 3. The van der Waals surface area contributed by atoms with Gasteiger partial charge in [0.15, 0.2) is 0 Å². The summed E-state index contributed by atoms with van der Waals surface area (Å²) in [7, 11) is 1.56. The molecule has 0 aromatic heterocycles. The molecule has 0 saturated carbocycles. The molecular formula is C24H31N3O5. The summed E-state index contributed by atoms with van der Waals surface area (Å²) in [6, 6.07) is 14.5. The van der Waals surface area contributed by atoms with Crippen molar-refractivity contribution in [3.8, 4) is 5.75 Å². The number of benzene rings is 2. The second-order valence-electron chi connectivity index (χ2n) is 7.31. The average Bonchev–Trinajstić information content (AvgIpc) is 2.82. The van der Waals surface area contributed by atoms with Crippen molar-refractivity contribution in [3.05, 3.63) is 59.7 Å². The second-order valence-corrected chi connectivity index (χ2v) is 7.31. The van der Waals surface area contributed by atoms with E-state index in [0.717, 1.165) is 5.56 Å². The molecule has 2 aromatic rings. The highest BCUT2D eigenvalue weighted by Gasteiger charge is 2.20. The van der Waals surface area contributed by atoms with Crippen LogP contribution in [0.1, 0.15) is 54.9 Å². The SMILES string of the molecule is CCNC(=O)c1cccc(CN(C(=O)CCCCCC(=O)NO)c2ccccc2OC)c1. The van der Waals surface area contributed by atoms with Gasteiger partial charge in [-0.1, -0.05) is 30.7 Å². The fourth-order valence-electron chi connectivity index (χ4n) is 3.35. The zero-order valence-electron chi connectivity index (χ0n) is 18.6. The molecule has 2 rings (SSSR count). The maximum atomic E-state index is 13.2. The summed E-state index contributed by atoms with van der Waals surface area (Å²) in [4.78, 5) is 38.1. The van der Waals surface area contributed by atoms with Gasteiger partial charge in [-0.15, -0.1) is 0 Å². The van der Waals surface area contributed by atoms with Crippen LogP contribution < -0.4 is 20.4 Å². The molecule has 0 unspecified atom stereocenters. The Bertz CT molecular complexity index is 916. The molecule has 0 bridgehead atoms. The van der Waals surface area contributed by atoms with Gasteiger partial charge in [0, 0.05) is 24.9 Å². The molecule has 8 heteroatoms. The van der Waals surface area contributed by atoms with Crippen molar-refractivity contribution in [1.29, 1.82) is 0 Å². The van der Waals surface area contributed by atoms with Gasteiger partial charge >= 0.3 is 0 Å². The van der Waals surface area contributed by atoms with Gasteiger partial charge < -0.3 is 15.0 Å². The zero-order valence-corrected chi connectivity index (χ0v) is 18.6. The Labute approximate surface area is 188 Å². The summed E-state index contributed by atoms with van der Waals surface area (Å²) in [5.74, 6) is -0.0831. The first-order valence-corrected chi connectivity index (χ1v) is 10.7. The number of hydrogen-bond donors (Lipinski definition) is 3. The Morgan fingerprint density at radius 2 is 1.75 bits per heavy atom. The fraction of sp³-hybridized carbons (Fsp3) is 0.375. The minimum Gasteiger partial charge on any atom is -0.495 e. The molecule has 0 aliphatic heterocycles. The van der Waals surface area contributed by atoms with E-state index in [1.807, 2.05) is 31.2 Å². The zero-order chi connectivity index (χ0) is 23.3. The van der Waals surface area contributed by atoms with E-state index in [-0.39, 0.29) is 18.2 Å². The summed E-state index contributed by atoms with van der Waals surface area (Å²) >= 11 is 0. The van der Waals surface area contributed by atoms with Gasteiger partial charge in [-0.05, 0) is 49.6 Å². The molecule has 0 spiro atoms. The number of nitrogens with one attached hydrogen (secondary N) is 2. The number of rotatable bonds is 12. The van der Waals surface area contributed by atoms with Crippen molar-refractivity contribution in [2.45, 2.75) is 45.6 Å². The topological polar surface area (TPSA) is 108 Å². The first-order chi connectivity index (χ1) is 15.5. The fourth-order valence-corrected chi connectivity index (χ4v) is 3.35. The number of ether oxygens (including phenoxy) is 1. The highest BCUT2D eigenvalue weighted by Crippen LogP contribution is 2.30. The smallest absolute Gasteiger partial charge is 0.251 e. The van der Waals surface area contributed by atoms with Crippen LogP contribution in [-0.2, 0) is 16.1 Å². The van der Waals surface area contributed by atoms with Crippen LogP contribution in [0, 0.1) is 0 Å². The minimum atomic E-state index is -0.432. The maximum absolute atomic E-state index is 13.2. The number of unbranched alkanes of at least 4 members (excludes halogenated alkanes) is 2. The van der Waals surface area contributed by atoms with E-state index in [4.69, 9.17) is 9.94 Å². The molecule has 0 radical (unpaired) electrons. The molecule has 0 heterocycles. The van der Waals surface area contributed by atoms with Crippen molar-refractivity contribution in [2.24, 2.45) is 0 Å². The van der Waals surface area contributed by atoms with Crippen molar-refractivity contribution < 1.29 is 24.3 Å². The van der Waals surface area contributed by atoms with E-state index in [2.05, 4.69) is 5.32 Å².